The van der Waals surface area contributed by atoms with E-state index in [2.05, 4.69) is 251 Å². The summed E-state index contributed by atoms with van der Waals surface area (Å²) in [4.78, 5) is 4.97. The predicted octanol–water partition coefficient (Wildman–Crippen LogP) is 20.1. The molecule has 0 aliphatic rings. The Morgan fingerprint density at radius 3 is 1.98 bits per heavy atom. The monoisotopic (exact) mass is 1090 g/mol. The van der Waals surface area contributed by atoms with Crippen molar-refractivity contribution < 1.29 is 15.8 Å². The second kappa shape index (κ2) is 20.5. The number of fused-ring (bicyclic) bond motifs is 5. The largest absolute Gasteiger partial charge is 0.464 e. The Morgan fingerprint density at radius 2 is 1.19 bits per heavy atom. The molecule has 0 saturated heterocycles. The lowest BCUT2D eigenvalue weighted by Gasteiger charge is -2.23. The Kier molecular flexibility index (Phi) is 11.4. The van der Waals surface area contributed by atoms with Gasteiger partial charge in [0.15, 0.2) is 0 Å². The van der Waals surface area contributed by atoms with Crippen LogP contribution in [0.4, 0.5) is 0 Å². The molecule has 4 heterocycles. The van der Waals surface area contributed by atoms with Gasteiger partial charge < -0.3 is 4.42 Å². The van der Waals surface area contributed by atoms with E-state index >= 15 is 0 Å². The van der Waals surface area contributed by atoms with E-state index in [0.29, 0.717) is 12.0 Å². The zero-order chi connectivity index (χ0) is 61.8. The van der Waals surface area contributed by atoms with Gasteiger partial charge in [0.1, 0.15) is 11.4 Å². The van der Waals surface area contributed by atoms with E-state index in [9.17, 15) is 2.74 Å². The highest BCUT2D eigenvalue weighted by Crippen LogP contribution is 2.41. The van der Waals surface area contributed by atoms with E-state index in [1.807, 2.05) is 30.5 Å². The molecule has 0 spiro atoms. The van der Waals surface area contributed by atoms with Gasteiger partial charge in [0.25, 0.3) is 6.33 Å². The highest BCUT2D eigenvalue weighted by Gasteiger charge is 2.24. The van der Waals surface area contributed by atoms with Crippen molar-refractivity contribution in [3.8, 4) is 72.8 Å². The average molecular weight is 1090 g/mol. The van der Waals surface area contributed by atoms with Crippen molar-refractivity contribution in [3.05, 3.63) is 283 Å². The quantitative estimate of drug-likeness (QED) is 0.101. The summed E-state index contributed by atoms with van der Waals surface area (Å²) in [6.45, 7) is 17.5. The van der Waals surface area contributed by atoms with E-state index in [0.717, 1.165) is 117 Å². The number of nitrogens with zero attached hydrogens (tertiary/aromatic N) is 4. The van der Waals surface area contributed by atoms with Gasteiger partial charge in [-0.15, -0.1) is 0 Å². The van der Waals surface area contributed by atoms with Crippen molar-refractivity contribution in [2.75, 3.05) is 0 Å². The maximum absolute atomic E-state index is 9.20. The van der Waals surface area contributed by atoms with E-state index in [1.165, 1.54) is 22.3 Å². The molecule has 5 nitrogen and oxygen atoms in total. The van der Waals surface area contributed by atoms with E-state index in [1.54, 1.807) is 6.26 Å². The van der Waals surface area contributed by atoms with Gasteiger partial charge in [-0.2, -0.15) is 0 Å². The lowest BCUT2D eigenvalue weighted by molar-refractivity contribution is -0.571. The summed E-state index contributed by atoms with van der Waals surface area (Å²) < 4.78 is 56.9. The molecule has 0 saturated carbocycles. The minimum absolute atomic E-state index is 0.00594. The Morgan fingerprint density at radius 1 is 0.512 bits per heavy atom. The first-order chi connectivity index (χ1) is 42.8. The number of aryl methyl sites for hydroxylation is 2. The SMILES string of the molecule is [2H]c1c([2H])c([2H])c(-c2cc(-c3cccc(-c4cccc(-c5ccc(C(C)(C)C)cc5)c4)c3-[n+]3[c-]n(-c4cc(Cc5ccc6c7ccccc7n(-c7cc8occc8cn7)c6c5)cc(-c5c(C)cccc5C)c4)c4ccccc43)cc(C(C)(C)C)c2)c([2H])c1[2H]. The van der Waals surface area contributed by atoms with E-state index in [-0.39, 0.29) is 35.1 Å². The minimum atomic E-state index is -0.424. The summed E-state index contributed by atoms with van der Waals surface area (Å²) in [5.41, 5.74) is 21.9. The zero-order valence-corrected chi connectivity index (χ0v) is 48.6. The van der Waals surface area contributed by atoms with E-state index < -0.39 is 11.5 Å². The highest BCUT2D eigenvalue weighted by atomic mass is 16.3. The molecule has 4 aromatic heterocycles. The molecule has 0 atom stereocenters. The van der Waals surface area contributed by atoms with Crippen molar-refractivity contribution >= 4 is 43.8 Å². The normalized spacial score (nSPS) is 12.9. The lowest BCUT2D eigenvalue weighted by atomic mass is 9.82. The van der Waals surface area contributed by atoms with Gasteiger partial charge in [-0.25, -0.2) is 4.98 Å². The van der Waals surface area contributed by atoms with Crippen LogP contribution in [0.25, 0.3) is 117 Å². The number of benzene rings is 10. The van der Waals surface area contributed by atoms with Crippen LogP contribution in [0.2, 0.25) is 0 Å². The summed E-state index contributed by atoms with van der Waals surface area (Å²) in [6, 6.07) is 69.7. The van der Waals surface area contributed by atoms with Crippen LogP contribution in [0.5, 0.6) is 0 Å². The predicted molar refractivity (Wildman–Crippen MR) is 349 cm³/mol. The number of rotatable bonds is 10. The van der Waals surface area contributed by atoms with Crippen molar-refractivity contribution in [1.29, 1.82) is 0 Å². The first kappa shape index (κ1) is 46.7. The fraction of sp³-hybridized carbons (Fsp3) is 0.139. The number of hydrogen-bond donors (Lipinski definition) is 0. The van der Waals surface area contributed by atoms with Crippen molar-refractivity contribution in [3.63, 3.8) is 0 Å². The molecule has 0 amide bonds. The lowest BCUT2D eigenvalue weighted by Crippen LogP contribution is -2.31. The van der Waals surface area contributed by atoms with Crippen LogP contribution >= 0.6 is 0 Å². The number of aromatic nitrogens is 4. The second-order valence-electron chi connectivity index (χ2n) is 24.5. The van der Waals surface area contributed by atoms with Gasteiger partial charge in [0, 0.05) is 28.4 Å². The van der Waals surface area contributed by atoms with Gasteiger partial charge in [-0.3, -0.25) is 13.7 Å². The first-order valence-corrected chi connectivity index (χ1v) is 28.9. The summed E-state index contributed by atoms with van der Waals surface area (Å²) in [6.07, 6.45) is 8.22. The van der Waals surface area contributed by atoms with E-state index in [4.69, 9.17) is 13.5 Å². The Hall–Kier alpha value is -9.84. The van der Waals surface area contributed by atoms with Gasteiger partial charge in [-0.1, -0.05) is 223 Å². The first-order valence-electron chi connectivity index (χ1n) is 31.4. The minimum Gasteiger partial charge on any atom is -0.464 e. The third kappa shape index (κ3) is 9.50. The van der Waals surface area contributed by atoms with Gasteiger partial charge in [0.05, 0.1) is 46.6 Å². The third-order valence-electron chi connectivity index (χ3n) is 16.7. The molecule has 84 heavy (non-hydrogen) atoms. The molecular weight excluding hydrogens is 1020 g/mol. The molecule has 14 aromatic rings. The average Bonchev–Trinajstić information content (AvgIpc) is 1.85. The van der Waals surface area contributed by atoms with Gasteiger partial charge >= 0.3 is 0 Å². The summed E-state index contributed by atoms with van der Waals surface area (Å²) >= 11 is 0. The second-order valence-corrected chi connectivity index (χ2v) is 24.5. The molecule has 408 valence electrons. The zero-order valence-electron chi connectivity index (χ0n) is 53.6. The van der Waals surface area contributed by atoms with Crippen LogP contribution in [-0.4, -0.2) is 14.1 Å². The van der Waals surface area contributed by atoms with Crippen LogP contribution in [0.1, 0.15) is 81.8 Å². The van der Waals surface area contributed by atoms with Crippen LogP contribution in [0, 0.1) is 20.2 Å². The molecule has 0 aliphatic heterocycles. The van der Waals surface area contributed by atoms with Gasteiger partial charge in [-0.05, 0) is 163 Å². The molecular formula is C79H66N4O. The molecule has 0 fully saturated rings. The summed E-state index contributed by atoms with van der Waals surface area (Å²) in [5, 5.41) is 3.25. The number of imidazole rings is 1. The number of hydrogen-bond acceptors (Lipinski definition) is 2. The smallest absolute Gasteiger partial charge is 0.269 e. The Labute approximate surface area is 499 Å². The summed E-state index contributed by atoms with van der Waals surface area (Å²) in [7, 11) is 0. The van der Waals surface area contributed by atoms with Gasteiger partial charge in [0.2, 0.25) is 0 Å². The highest BCUT2D eigenvalue weighted by molar-refractivity contribution is 6.09. The molecule has 5 heteroatoms. The maximum Gasteiger partial charge on any atom is 0.269 e. The third-order valence-corrected chi connectivity index (χ3v) is 16.7. The summed E-state index contributed by atoms with van der Waals surface area (Å²) in [5.74, 6) is 0.790. The fourth-order valence-corrected chi connectivity index (χ4v) is 12.3. The van der Waals surface area contributed by atoms with Crippen molar-refractivity contribution in [2.45, 2.75) is 72.6 Å². The van der Waals surface area contributed by atoms with Crippen LogP contribution in [0.3, 0.4) is 0 Å². The van der Waals surface area contributed by atoms with Crippen molar-refractivity contribution in [1.82, 2.24) is 14.1 Å². The van der Waals surface area contributed by atoms with Crippen LogP contribution < -0.4 is 4.57 Å². The molecule has 0 radical (unpaired) electrons. The van der Waals surface area contributed by atoms with Crippen LogP contribution in [0.15, 0.2) is 247 Å². The maximum atomic E-state index is 9.20. The molecule has 14 rings (SSSR count). The molecule has 0 unspecified atom stereocenters. The molecule has 0 aliphatic carbocycles. The molecule has 0 N–H and O–H groups in total. The Balaban J connectivity index is 0.991. The topological polar surface area (TPSA) is 39.8 Å². The number of furan rings is 1. The molecule has 0 bridgehead atoms. The van der Waals surface area contributed by atoms with Crippen molar-refractivity contribution in [2.24, 2.45) is 0 Å². The standard InChI is InChI=1S/C79H66N4O/c1-51-19-16-20-52(2)76(51)62-40-54(39-53-31-36-69-68-25-12-13-28-70(68)83(73(69)42-53)75-48-74-59(49-80-75)37-38-84-74)41-65(47-62)81-50-82(72-30-15-14-29-71(72)81)77-66(58-24-17-23-57(43-58)56-32-34-63(35-33-56)78(3,4)5)26-18-27-67(77)61-44-60(55-21-10-9-11-22-55)45-64(46-61)79(6,7)8/h9-38,40-49H,39H2,1-8H3/i9D,10D,11D,21D,22D. The Bertz CT molecular complexity index is 5120. The number of para-hydroxylation sites is 4. The number of pyridine rings is 1. The molecule has 10 aromatic carbocycles. The van der Waals surface area contributed by atoms with Crippen LogP contribution in [-0.2, 0) is 17.3 Å². The fourth-order valence-electron chi connectivity index (χ4n) is 12.3.